The molecule has 1 nitrogen and oxygen atoms in total. The lowest BCUT2D eigenvalue weighted by Gasteiger charge is -2.23. The van der Waals surface area contributed by atoms with Crippen LogP contribution in [0.3, 0.4) is 0 Å². The molecule has 0 bridgehead atoms. The highest BCUT2D eigenvalue weighted by atomic mass is 28.2. The first-order valence-electron chi connectivity index (χ1n) is 4.73. The summed E-state index contributed by atoms with van der Waals surface area (Å²) < 4.78 is 30.9. The molecule has 0 unspecified atom stereocenters. The van der Waals surface area contributed by atoms with Crippen LogP contribution in [-0.4, -0.2) is 16.1 Å². The van der Waals surface area contributed by atoms with Gasteiger partial charge in [-0.1, -0.05) is 6.07 Å². The molecule has 0 fully saturated rings. The first kappa shape index (κ1) is 12.3. The molecule has 1 rings (SSSR count). The number of hydrogen-bond acceptors (Lipinski definition) is 1. The lowest BCUT2D eigenvalue weighted by atomic mass is 9.98. The fraction of sp³-hybridized carbons (Fsp3) is 0.455. The number of rotatable bonds is 4. The van der Waals surface area contributed by atoms with Crippen molar-refractivity contribution in [2.75, 3.05) is 0 Å². The molecule has 3 radical (unpaired) electrons. The molecule has 0 saturated carbocycles. The average molecular weight is 227 g/mol. The molecule has 0 heterocycles. The summed E-state index contributed by atoms with van der Waals surface area (Å²) in [5.74, 6) is -1.05. The first-order chi connectivity index (χ1) is 6.94. The van der Waals surface area contributed by atoms with Crippen molar-refractivity contribution in [3.63, 3.8) is 0 Å². The van der Waals surface area contributed by atoms with Crippen molar-refractivity contribution in [2.24, 2.45) is 0 Å². The maximum Gasteiger partial charge on any atom is 0.246 e. The molecule has 0 aliphatic carbocycles. The predicted molar refractivity (Wildman–Crippen MR) is 55.6 cm³/mol. The largest absolute Gasteiger partial charge is 0.414 e. The SMILES string of the molecule is CC(C)(CCc1ccc(F)cc1F)O[Si]. The van der Waals surface area contributed by atoms with Crippen LogP contribution in [0.4, 0.5) is 8.78 Å². The summed E-state index contributed by atoms with van der Waals surface area (Å²) >= 11 is 0. The summed E-state index contributed by atoms with van der Waals surface area (Å²) in [7, 11) is 2.97. The Labute approximate surface area is 92.0 Å². The zero-order valence-corrected chi connectivity index (χ0v) is 9.81. The minimum atomic E-state index is -0.549. The van der Waals surface area contributed by atoms with E-state index in [9.17, 15) is 8.78 Å². The molecule has 0 N–H and O–H groups in total. The van der Waals surface area contributed by atoms with Gasteiger partial charge < -0.3 is 4.43 Å². The van der Waals surface area contributed by atoms with Crippen LogP contribution in [0.25, 0.3) is 0 Å². The normalized spacial score (nSPS) is 11.8. The minimum absolute atomic E-state index is 0.363. The number of benzene rings is 1. The van der Waals surface area contributed by atoms with Crippen molar-refractivity contribution in [1.29, 1.82) is 0 Å². The van der Waals surface area contributed by atoms with Crippen LogP contribution >= 0.6 is 0 Å². The molecular formula is C11H13F2OSi. The zero-order chi connectivity index (χ0) is 11.5. The fourth-order valence-corrected chi connectivity index (χ4v) is 1.31. The number of halogens is 2. The Morgan fingerprint density at radius 1 is 1.33 bits per heavy atom. The van der Waals surface area contributed by atoms with E-state index in [1.54, 1.807) is 0 Å². The third kappa shape index (κ3) is 3.72. The highest BCUT2D eigenvalue weighted by molar-refractivity contribution is 5.98. The molecule has 0 aliphatic heterocycles. The van der Waals surface area contributed by atoms with Gasteiger partial charge in [-0.2, -0.15) is 0 Å². The molecule has 81 valence electrons. The van der Waals surface area contributed by atoms with Gasteiger partial charge in [-0.3, -0.25) is 0 Å². The average Bonchev–Trinajstić information content (AvgIpc) is 2.16. The molecule has 0 spiro atoms. The monoisotopic (exact) mass is 227 g/mol. The van der Waals surface area contributed by atoms with Gasteiger partial charge in [0, 0.05) is 6.07 Å². The molecule has 0 saturated heterocycles. The van der Waals surface area contributed by atoms with Crippen LogP contribution in [0.2, 0.25) is 0 Å². The van der Waals surface area contributed by atoms with E-state index in [2.05, 4.69) is 10.5 Å². The third-order valence-electron chi connectivity index (χ3n) is 2.29. The molecular weight excluding hydrogens is 214 g/mol. The van der Waals surface area contributed by atoms with E-state index in [1.165, 1.54) is 12.1 Å². The Morgan fingerprint density at radius 2 is 2.00 bits per heavy atom. The molecule has 0 aliphatic rings. The van der Waals surface area contributed by atoms with Gasteiger partial charge in [0.2, 0.25) is 10.5 Å². The smallest absolute Gasteiger partial charge is 0.246 e. The summed E-state index contributed by atoms with van der Waals surface area (Å²) in [6.07, 6.45) is 1.17. The molecule has 4 heteroatoms. The molecule has 1 aromatic carbocycles. The predicted octanol–water partition coefficient (Wildman–Crippen LogP) is 2.78. The van der Waals surface area contributed by atoms with Crippen LogP contribution in [0.15, 0.2) is 18.2 Å². The lowest BCUT2D eigenvalue weighted by molar-refractivity contribution is 0.113. The van der Waals surface area contributed by atoms with Gasteiger partial charge in [-0.25, -0.2) is 8.78 Å². The molecule has 0 aromatic heterocycles. The Hall–Kier alpha value is -0.743. The van der Waals surface area contributed by atoms with Crippen molar-refractivity contribution in [3.8, 4) is 0 Å². The highest BCUT2D eigenvalue weighted by Crippen LogP contribution is 2.18. The fourth-order valence-electron chi connectivity index (χ4n) is 1.21. The number of hydrogen-bond donors (Lipinski definition) is 0. The summed E-state index contributed by atoms with van der Waals surface area (Å²) in [6.45, 7) is 3.78. The van der Waals surface area contributed by atoms with Gasteiger partial charge in [0.25, 0.3) is 0 Å². The van der Waals surface area contributed by atoms with E-state index in [0.717, 1.165) is 6.07 Å². The Morgan fingerprint density at radius 3 is 2.53 bits per heavy atom. The third-order valence-corrected chi connectivity index (χ3v) is 2.84. The number of aryl methyl sites for hydroxylation is 1. The minimum Gasteiger partial charge on any atom is -0.414 e. The molecule has 0 amide bonds. The maximum absolute atomic E-state index is 13.2. The maximum atomic E-state index is 13.2. The van der Waals surface area contributed by atoms with Crippen LogP contribution in [0.1, 0.15) is 25.8 Å². The van der Waals surface area contributed by atoms with E-state index in [-0.39, 0.29) is 5.60 Å². The van der Waals surface area contributed by atoms with Crippen molar-refractivity contribution < 1.29 is 13.2 Å². The summed E-state index contributed by atoms with van der Waals surface area (Å²) in [5.41, 5.74) is 0.144. The van der Waals surface area contributed by atoms with Gasteiger partial charge >= 0.3 is 0 Å². The van der Waals surface area contributed by atoms with E-state index in [1.807, 2.05) is 13.8 Å². The quantitative estimate of drug-likeness (QED) is 0.719. The second-order valence-corrected chi connectivity index (χ2v) is 4.30. The summed E-state index contributed by atoms with van der Waals surface area (Å²) in [5, 5.41) is 0. The Balaban J connectivity index is 2.66. The van der Waals surface area contributed by atoms with Gasteiger partial charge in [0.05, 0.1) is 5.60 Å². The molecule has 1 aromatic rings. The second-order valence-electron chi connectivity index (χ2n) is 4.10. The van der Waals surface area contributed by atoms with Crippen LogP contribution in [0, 0.1) is 11.6 Å². The van der Waals surface area contributed by atoms with Gasteiger partial charge in [0.15, 0.2) is 0 Å². The molecule has 0 atom stereocenters. The first-order valence-corrected chi connectivity index (χ1v) is 5.14. The van der Waals surface area contributed by atoms with Crippen LogP contribution < -0.4 is 0 Å². The molecule has 15 heavy (non-hydrogen) atoms. The topological polar surface area (TPSA) is 9.23 Å². The van der Waals surface area contributed by atoms with Gasteiger partial charge in [-0.05, 0) is 38.3 Å². The van der Waals surface area contributed by atoms with Gasteiger partial charge in [-0.15, -0.1) is 0 Å². The van der Waals surface area contributed by atoms with Gasteiger partial charge in [0.1, 0.15) is 11.6 Å². The summed E-state index contributed by atoms with van der Waals surface area (Å²) in [4.78, 5) is 0. The highest BCUT2D eigenvalue weighted by Gasteiger charge is 2.16. The standard InChI is InChI=1S/C11H13F2OSi/c1-11(2,14-15)6-5-8-3-4-9(12)7-10(8)13/h3-4,7H,5-6H2,1-2H3. The van der Waals surface area contributed by atoms with Crippen LogP contribution in [0.5, 0.6) is 0 Å². The van der Waals surface area contributed by atoms with Crippen molar-refractivity contribution in [3.05, 3.63) is 35.4 Å². The second kappa shape index (κ2) is 4.85. The van der Waals surface area contributed by atoms with E-state index < -0.39 is 11.6 Å². The Kier molecular flexibility index (Phi) is 3.99. The van der Waals surface area contributed by atoms with Crippen molar-refractivity contribution in [1.82, 2.24) is 0 Å². The van der Waals surface area contributed by atoms with E-state index in [4.69, 9.17) is 4.43 Å². The van der Waals surface area contributed by atoms with Crippen molar-refractivity contribution in [2.45, 2.75) is 32.3 Å². The van der Waals surface area contributed by atoms with E-state index in [0.29, 0.717) is 18.4 Å². The summed E-state index contributed by atoms with van der Waals surface area (Å²) in [6, 6.07) is 3.63. The van der Waals surface area contributed by atoms with Crippen molar-refractivity contribution >= 4 is 10.5 Å². The van der Waals surface area contributed by atoms with Crippen LogP contribution in [-0.2, 0) is 10.8 Å². The lowest BCUT2D eigenvalue weighted by Crippen LogP contribution is -2.23. The zero-order valence-electron chi connectivity index (χ0n) is 8.81. The van der Waals surface area contributed by atoms with E-state index >= 15 is 0 Å². The Bertz CT molecular complexity index is 339.